The van der Waals surface area contributed by atoms with Crippen LogP contribution in [0, 0.1) is 18.3 Å². The molecule has 12 heavy (non-hydrogen) atoms. The molecule has 0 aromatic carbocycles. The third-order valence-electron chi connectivity index (χ3n) is 1.56. The molecule has 1 N–H and O–H groups in total. The largest absolute Gasteiger partial charge is 0.481 e. The SMILES string of the molecule is C#CCC(C)C(=O)CCC(=O)O. The summed E-state index contributed by atoms with van der Waals surface area (Å²) in [5, 5.41) is 8.28. The van der Waals surface area contributed by atoms with Crippen molar-refractivity contribution in [3.05, 3.63) is 0 Å². The number of hydrogen-bond acceptors (Lipinski definition) is 2. The average Bonchev–Trinajstić information content (AvgIpc) is 2.00. The number of Topliss-reactive ketones (excluding diaryl/α,β-unsaturated/α-hetero) is 1. The summed E-state index contributed by atoms with van der Waals surface area (Å²) in [6, 6.07) is 0. The van der Waals surface area contributed by atoms with Crippen LogP contribution in [0.5, 0.6) is 0 Å². The molecular weight excluding hydrogens is 156 g/mol. The lowest BCUT2D eigenvalue weighted by Gasteiger charge is -2.03. The molecule has 0 aliphatic heterocycles. The number of hydrogen-bond donors (Lipinski definition) is 1. The summed E-state index contributed by atoms with van der Waals surface area (Å²) >= 11 is 0. The summed E-state index contributed by atoms with van der Waals surface area (Å²) in [7, 11) is 0. The van der Waals surface area contributed by atoms with E-state index in [0.717, 1.165) is 0 Å². The Bertz CT molecular complexity index is 212. The summed E-state index contributed by atoms with van der Waals surface area (Å²) in [6.07, 6.45) is 5.37. The zero-order valence-corrected chi connectivity index (χ0v) is 7.04. The highest BCUT2D eigenvalue weighted by Gasteiger charge is 2.12. The molecule has 66 valence electrons. The van der Waals surface area contributed by atoms with Crippen molar-refractivity contribution in [3.63, 3.8) is 0 Å². The molecule has 0 saturated heterocycles. The Morgan fingerprint density at radius 1 is 1.50 bits per heavy atom. The first-order valence-electron chi connectivity index (χ1n) is 3.76. The molecule has 0 aromatic heterocycles. The van der Waals surface area contributed by atoms with Gasteiger partial charge in [-0.3, -0.25) is 9.59 Å². The van der Waals surface area contributed by atoms with Crippen molar-refractivity contribution >= 4 is 11.8 Å². The third-order valence-corrected chi connectivity index (χ3v) is 1.56. The second-order valence-corrected chi connectivity index (χ2v) is 2.67. The molecule has 0 radical (unpaired) electrons. The molecule has 0 aliphatic carbocycles. The molecule has 0 saturated carbocycles. The van der Waals surface area contributed by atoms with Gasteiger partial charge in [0.1, 0.15) is 5.78 Å². The van der Waals surface area contributed by atoms with Crippen molar-refractivity contribution in [1.29, 1.82) is 0 Å². The summed E-state index contributed by atoms with van der Waals surface area (Å²) in [6.45, 7) is 1.71. The maximum Gasteiger partial charge on any atom is 0.303 e. The molecular formula is C9H12O3. The lowest BCUT2D eigenvalue weighted by Crippen LogP contribution is -2.11. The monoisotopic (exact) mass is 168 g/mol. The van der Waals surface area contributed by atoms with Gasteiger partial charge in [-0.05, 0) is 0 Å². The van der Waals surface area contributed by atoms with Gasteiger partial charge in [-0.15, -0.1) is 12.3 Å². The molecule has 1 atom stereocenters. The lowest BCUT2D eigenvalue weighted by atomic mass is 9.99. The maximum atomic E-state index is 11.1. The van der Waals surface area contributed by atoms with Crippen molar-refractivity contribution < 1.29 is 14.7 Å². The number of ketones is 1. The number of carboxylic acids is 1. The molecule has 0 rings (SSSR count). The molecule has 0 heterocycles. The van der Waals surface area contributed by atoms with Crippen LogP contribution in [0.2, 0.25) is 0 Å². The Hall–Kier alpha value is -1.30. The Kier molecular flexibility index (Phi) is 4.78. The number of carbonyl (C=O) groups is 2. The smallest absolute Gasteiger partial charge is 0.303 e. The first-order valence-corrected chi connectivity index (χ1v) is 3.76. The third kappa shape index (κ3) is 4.51. The Labute approximate surface area is 71.8 Å². The Morgan fingerprint density at radius 2 is 2.08 bits per heavy atom. The van der Waals surface area contributed by atoms with Gasteiger partial charge in [0.2, 0.25) is 0 Å². The second kappa shape index (κ2) is 5.36. The topological polar surface area (TPSA) is 54.4 Å². The van der Waals surface area contributed by atoms with E-state index in [9.17, 15) is 9.59 Å². The van der Waals surface area contributed by atoms with E-state index in [1.165, 1.54) is 0 Å². The van der Waals surface area contributed by atoms with E-state index in [4.69, 9.17) is 11.5 Å². The van der Waals surface area contributed by atoms with Crippen molar-refractivity contribution in [3.8, 4) is 12.3 Å². The zero-order valence-electron chi connectivity index (χ0n) is 7.04. The molecule has 1 unspecified atom stereocenters. The van der Waals surface area contributed by atoms with E-state index in [0.29, 0.717) is 6.42 Å². The summed E-state index contributed by atoms with van der Waals surface area (Å²) in [5.41, 5.74) is 0. The van der Waals surface area contributed by atoms with Gasteiger partial charge in [0, 0.05) is 18.8 Å². The lowest BCUT2D eigenvalue weighted by molar-refractivity contribution is -0.139. The van der Waals surface area contributed by atoms with E-state index in [2.05, 4.69) is 5.92 Å². The summed E-state index contributed by atoms with van der Waals surface area (Å²) < 4.78 is 0. The summed E-state index contributed by atoms with van der Waals surface area (Å²) in [5.74, 6) is 1.13. The fourth-order valence-electron chi connectivity index (χ4n) is 0.767. The highest BCUT2D eigenvalue weighted by molar-refractivity contribution is 5.84. The van der Waals surface area contributed by atoms with Crippen molar-refractivity contribution in [2.75, 3.05) is 0 Å². The second-order valence-electron chi connectivity index (χ2n) is 2.67. The van der Waals surface area contributed by atoms with E-state index in [-0.39, 0.29) is 24.5 Å². The van der Waals surface area contributed by atoms with Crippen LogP contribution in [0.3, 0.4) is 0 Å². The minimum Gasteiger partial charge on any atom is -0.481 e. The van der Waals surface area contributed by atoms with Crippen LogP contribution in [0.15, 0.2) is 0 Å². The van der Waals surface area contributed by atoms with E-state index >= 15 is 0 Å². The number of rotatable bonds is 5. The highest BCUT2D eigenvalue weighted by Crippen LogP contribution is 2.06. The van der Waals surface area contributed by atoms with Crippen LogP contribution in [0.25, 0.3) is 0 Å². The fourth-order valence-corrected chi connectivity index (χ4v) is 0.767. The van der Waals surface area contributed by atoms with Gasteiger partial charge in [0.15, 0.2) is 0 Å². The number of carboxylic acid groups (broad SMARTS) is 1. The van der Waals surface area contributed by atoms with Crippen LogP contribution < -0.4 is 0 Å². The molecule has 0 aliphatic rings. The van der Waals surface area contributed by atoms with Gasteiger partial charge in [0.05, 0.1) is 6.42 Å². The minimum absolute atomic E-state index is 0.0737. The van der Waals surface area contributed by atoms with Gasteiger partial charge >= 0.3 is 5.97 Å². The predicted octanol–water partition coefficient (Wildman–Crippen LogP) is 1.08. The highest BCUT2D eigenvalue weighted by atomic mass is 16.4. The molecule has 0 amide bonds. The maximum absolute atomic E-state index is 11.1. The normalized spacial score (nSPS) is 11.7. The number of aliphatic carboxylic acids is 1. The zero-order chi connectivity index (χ0) is 9.56. The Morgan fingerprint density at radius 3 is 2.50 bits per heavy atom. The molecule has 0 aromatic rings. The van der Waals surface area contributed by atoms with Crippen LogP contribution in [-0.4, -0.2) is 16.9 Å². The number of terminal acetylenes is 1. The standard InChI is InChI=1S/C9H12O3/c1-3-4-7(2)8(10)5-6-9(11)12/h1,7H,4-6H2,2H3,(H,11,12). The van der Waals surface area contributed by atoms with Crippen LogP contribution in [0.4, 0.5) is 0 Å². The predicted molar refractivity (Wildman–Crippen MR) is 44.5 cm³/mol. The molecule has 0 spiro atoms. The quantitative estimate of drug-likeness (QED) is 0.625. The van der Waals surface area contributed by atoms with E-state index < -0.39 is 5.97 Å². The number of carbonyl (C=O) groups excluding carboxylic acids is 1. The summed E-state index contributed by atoms with van der Waals surface area (Å²) in [4.78, 5) is 21.2. The first-order chi connectivity index (χ1) is 5.57. The minimum atomic E-state index is -0.948. The molecule has 0 bridgehead atoms. The van der Waals surface area contributed by atoms with Gasteiger partial charge in [-0.25, -0.2) is 0 Å². The molecule has 3 heteroatoms. The van der Waals surface area contributed by atoms with Gasteiger partial charge < -0.3 is 5.11 Å². The van der Waals surface area contributed by atoms with E-state index in [1.54, 1.807) is 6.92 Å². The van der Waals surface area contributed by atoms with Crippen LogP contribution >= 0.6 is 0 Å². The van der Waals surface area contributed by atoms with Gasteiger partial charge in [0.25, 0.3) is 0 Å². The van der Waals surface area contributed by atoms with E-state index in [1.807, 2.05) is 0 Å². The van der Waals surface area contributed by atoms with Gasteiger partial charge in [-0.2, -0.15) is 0 Å². The van der Waals surface area contributed by atoms with Crippen molar-refractivity contribution in [1.82, 2.24) is 0 Å². The van der Waals surface area contributed by atoms with Gasteiger partial charge in [-0.1, -0.05) is 6.92 Å². The molecule has 0 fully saturated rings. The molecule has 3 nitrogen and oxygen atoms in total. The Balaban J connectivity index is 3.73. The first kappa shape index (κ1) is 10.7. The van der Waals surface area contributed by atoms with Crippen molar-refractivity contribution in [2.45, 2.75) is 26.2 Å². The van der Waals surface area contributed by atoms with Crippen molar-refractivity contribution in [2.24, 2.45) is 5.92 Å². The fraction of sp³-hybridized carbons (Fsp3) is 0.556. The average molecular weight is 168 g/mol. The van der Waals surface area contributed by atoms with Crippen LogP contribution in [0.1, 0.15) is 26.2 Å². The van der Waals surface area contributed by atoms with Crippen LogP contribution in [-0.2, 0) is 9.59 Å².